The lowest BCUT2D eigenvalue weighted by Crippen LogP contribution is -2.33. The number of anilines is 2. The monoisotopic (exact) mass is 640 g/mol. The van der Waals surface area contributed by atoms with E-state index in [1.54, 1.807) is 60.7 Å². The summed E-state index contributed by atoms with van der Waals surface area (Å²) in [5.74, 6) is -2.15. The summed E-state index contributed by atoms with van der Waals surface area (Å²) in [7, 11) is 0. The van der Waals surface area contributed by atoms with E-state index in [4.69, 9.17) is 21.1 Å². The van der Waals surface area contributed by atoms with Gasteiger partial charge in [0.1, 0.15) is 16.4 Å². The molecular weight excluding hydrogens is 616 g/mol. The minimum atomic E-state index is -1.04. The lowest BCUT2D eigenvalue weighted by atomic mass is 10.1. The normalized spacial score (nSPS) is 10.8. The number of amides is 3. The quantitative estimate of drug-likeness (QED) is 0.0552. The molecule has 0 atom stereocenters. The maximum Gasteiger partial charge on any atom is 0.355 e. The molecule has 0 aliphatic carbocycles. The maximum atomic E-state index is 12.9. The van der Waals surface area contributed by atoms with Crippen LogP contribution in [0, 0.1) is 0 Å². The van der Waals surface area contributed by atoms with Crippen molar-refractivity contribution < 1.29 is 28.7 Å². The number of thiophene rings is 1. The topological polar surface area (TPSA) is 135 Å². The van der Waals surface area contributed by atoms with Crippen LogP contribution in [0.4, 0.5) is 11.4 Å². The van der Waals surface area contributed by atoms with Crippen molar-refractivity contribution in [2.75, 3.05) is 17.2 Å². The Kier molecular flexibility index (Phi) is 9.83. The van der Waals surface area contributed by atoms with Gasteiger partial charge >= 0.3 is 17.8 Å². The smallest absolute Gasteiger partial charge is 0.355 e. The maximum absolute atomic E-state index is 12.9. The Morgan fingerprint density at radius 3 is 2.24 bits per heavy atom. The predicted molar refractivity (Wildman–Crippen MR) is 175 cm³/mol. The summed E-state index contributed by atoms with van der Waals surface area (Å²) >= 11 is 7.62. The first-order valence-corrected chi connectivity index (χ1v) is 14.8. The zero-order valence-electron chi connectivity index (χ0n) is 23.7. The van der Waals surface area contributed by atoms with Crippen LogP contribution in [0.5, 0.6) is 11.5 Å². The first-order valence-electron chi connectivity index (χ1n) is 13.6. The number of fused-ring (bicyclic) bond motifs is 1. The molecule has 3 N–H and O–H groups in total. The van der Waals surface area contributed by atoms with E-state index in [2.05, 4.69) is 21.2 Å². The minimum Gasteiger partial charge on any atom is -0.494 e. The molecule has 0 aliphatic heterocycles. The number of halogens is 1. The Morgan fingerprint density at radius 2 is 1.51 bits per heavy atom. The zero-order chi connectivity index (χ0) is 31.8. The fraction of sp³-hybridized carbons (Fsp3) is 0.0606. The van der Waals surface area contributed by atoms with Crippen LogP contribution in [0.25, 0.3) is 10.1 Å². The van der Waals surface area contributed by atoms with Crippen molar-refractivity contribution in [2.24, 2.45) is 5.10 Å². The number of ether oxygens (including phenoxy) is 2. The predicted octanol–water partition coefficient (Wildman–Crippen LogP) is 6.51. The molecule has 12 heteroatoms. The molecule has 0 unspecified atom stereocenters. The molecule has 0 bridgehead atoms. The Morgan fingerprint density at radius 1 is 0.822 bits per heavy atom. The summed E-state index contributed by atoms with van der Waals surface area (Å²) < 4.78 is 11.7. The number of hydrogen-bond donors (Lipinski definition) is 3. The molecule has 10 nitrogen and oxygen atoms in total. The van der Waals surface area contributed by atoms with Crippen LogP contribution in [0.1, 0.15) is 32.5 Å². The van der Waals surface area contributed by atoms with Crippen molar-refractivity contribution in [1.29, 1.82) is 0 Å². The van der Waals surface area contributed by atoms with Crippen LogP contribution in [0.15, 0.2) is 102 Å². The Bertz CT molecular complexity index is 1910. The van der Waals surface area contributed by atoms with Gasteiger partial charge in [0.15, 0.2) is 0 Å². The molecule has 1 aromatic heterocycles. The largest absolute Gasteiger partial charge is 0.494 e. The number of benzene rings is 4. The highest BCUT2D eigenvalue weighted by Gasteiger charge is 2.20. The summed E-state index contributed by atoms with van der Waals surface area (Å²) in [6.45, 7) is 2.40. The van der Waals surface area contributed by atoms with E-state index < -0.39 is 23.7 Å². The minimum absolute atomic E-state index is 0.145. The van der Waals surface area contributed by atoms with Crippen LogP contribution < -0.4 is 25.5 Å². The van der Waals surface area contributed by atoms with Crippen molar-refractivity contribution in [3.05, 3.63) is 118 Å². The van der Waals surface area contributed by atoms with E-state index in [9.17, 15) is 19.2 Å². The lowest BCUT2D eigenvalue weighted by Gasteiger charge is -2.11. The van der Waals surface area contributed by atoms with Gasteiger partial charge < -0.3 is 20.1 Å². The second-order valence-electron chi connectivity index (χ2n) is 9.31. The van der Waals surface area contributed by atoms with Gasteiger partial charge in [-0.2, -0.15) is 5.10 Å². The van der Waals surface area contributed by atoms with Crippen molar-refractivity contribution in [3.63, 3.8) is 0 Å². The van der Waals surface area contributed by atoms with Crippen LogP contribution in [0.2, 0.25) is 5.02 Å². The van der Waals surface area contributed by atoms with E-state index in [1.807, 2.05) is 31.2 Å². The number of rotatable bonds is 9. The second-order valence-corrected chi connectivity index (χ2v) is 10.7. The summed E-state index contributed by atoms with van der Waals surface area (Å²) in [6, 6.07) is 26.9. The van der Waals surface area contributed by atoms with E-state index in [-0.39, 0.29) is 11.3 Å². The number of hydrazone groups is 1. The average molecular weight is 641 g/mol. The van der Waals surface area contributed by atoms with Gasteiger partial charge in [0.25, 0.3) is 5.91 Å². The molecule has 4 aromatic carbocycles. The van der Waals surface area contributed by atoms with Gasteiger partial charge in [0.2, 0.25) is 0 Å². The number of hydrogen-bond acceptors (Lipinski definition) is 8. The summed E-state index contributed by atoms with van der Waals surface area (Å²) in [5, 5.41) is 10.1. The van der Waals surface area contributed by atoms with Gasteiger partial charge in [-0.1, -0.05) is 41.9 Å². The van der Waals surface area contributed by atoms with E-state index in [0.29, 0.717) is 39.3 Å². The Balaban J connectivity index is 1.14. The number of esters is 1. The molecule has 0 radical (unpaired) electrons. The highest BCUT2D eigenvalue weighted by Crippen LogP contribution is 2.35. The molecule has 45 heavy (non-hydrogen) atoms. The number of carbonyl (C=O) groups is 4. The highest BCUT2D eigenvalue weighted by atomic mass is 35.5. The summed E-state index contributed by atoms with van der Waals surface area (Å²) in [6.07, 6.45) is 1.32. The first kappa shape index (κ1) is 30.9. The molecule has 226 valence electrons. The van der Waals surface area contributed by atoms with Crippen molar-refractivity contribution in [2.45, 2.75) is 6.92 Å². The van der Waals surface area contributed by atoms with Crippen molar-refractivity contribution in [1.82, 2.24) is 5.43 Å². The molecular formula is C33H25ClN4O6S. The molecule has 0 fully saturated rings. The standard InChI is InChI=1S/C33H25ClN4O6S/c1-2-43-22-17-13-21(14-18-22)36-30(39)24-7-3-5-9-26(24)37-31(40)32(41)38-35-19-20-11-15-23(16-12-20)44-33(42)29-28(34)25-8-4-6-10-27(25)45-29/h3-19H,2H2,1H3,(H,36,39)(H,37,40)(H,38,41)/b35-19-. The Labute approximate surface area is 266 Å². The average Bonchev–Trinajstić information content (AvgIpc) is 3.39. The van der Waals surface area contributed by atoms with Gasteiger partial charge in [-0.05, 0) is 79.2 Å². The van der Waals surface area contributed by atoms with Crippen LogP contribution in [-0.2, 0) is 9.59 Å². The highest BCUT2D eigenvalue weighted by molar-refractivity contribution is 7.21. The number of nitrogens with zero attached hydrogens (tertiary/aromatic N) is 1. The van der Waals surface area contributed by atoms with Gasteiger partial charge in [-0.25, -0.2) is 10.2 Å². The molecule has 3 amide bonds. The molecule has 0 spiro atoms. The SMILES string of the molecule is CCOc1ccc(NC(=O)c2ccccc2NC(=O)C(=O)N/N=C\c2ccc(OC(=O)c3sc4ccccc4c3Cl)cc2)cc1. The van der Waals surface area contributed by atoms with Crippen LogP contribution in [0.3, 0.4) is 0 Å². The third-order valence-electron chi connectivity index (χ3n) is 6.24. The third kappa shape index (κ3) is 7.71. The number of nitrogens with one attached hydrogen (secondary N) is 3. The van der Waals surface area contributed by atoms with Crippen LogP contribution in [-0.4, -0.2) is 36.5 Å². The molecule has 0 saturated heterocycles. The summed E-state index contributed by atoms with van der Waals surface area (Å²) in [4.78, 5) is 50.8. The van der Waals surface area contributed by atoms with Crippen LogP contribution >= 0.6 is 22.9 Å². The fourth-order valence-corrected chi connectivity index (χ4v) is 5.49. The molecule has 0 aliphatic rings. The van der Waals surface area contributed by atoms with Gasteiger partial charge in [-0.15, -0.1) is 11.3 Å². The Hall–Kier alpha value is -5.52. The molecule has 5 aromatic rings. The number of carbonyl (C=O) groups excluding carboxylic acids is 4. The first-order chi connectivity index (χ1) is 21.8. The van der Waals surface area contributed by atoms with E-state index in [0.717, 1.165) is 10.1 Å². The van der Waals surface area contributed by atoms with Gasteiger partial charge in [0, 0.05) is 15.8 Å². The summed E-state index contributed by atoms with van der Waals surface area (Å²) in [5.41, 5.74) is 3.55. The molecule has 0 saturated carbocycles. The lowest BCUT2D eigenvalue weighted by molar-refractivity contribution is -0.136. The van der Waals surface area contributed by atoms with Crippen molar-refractivity contribution >= 4 is 74.3 Å². The zero-order valence-corrected chi connectivity index (χ0v) is 25.3. The third-order valence-corrected chi connectivity index (χ3v) is 7.90. The molecule has 1 heterocycles. The van der Waals surface area contributed by atoms with E-state index in [1.165, 1.54) is 29.7 Å². The van der Waals surface area contributed by atoms with Gasteiger partial charge in [0.05, 0.1) is 29.1 Å². The molecule has 5 rings (SSSR count). The van der Waals surface area contributed by atoms with Crippen molar-refractivity contribution in [3.8, 4) is 11.5 Å². The fourth-order valence-electron chi connectivity index (χ4n) is 4.11. The second kappa shape index (κ2) is 14.3. The van der Waals surface area contributed by atoms with Gasteiger partial charge in [-0.3, -0.25) is 14.4 Å². The number of para-hydroxylation sites is 1. The van der Waals surface area contributed by atoms with E-state index >= 15 is 0 Å².